The highest BCUT2D eigenvalue weighted by molar-refractivity contribution is 5.24. The van der Waals surface area contributed by atoms with E-state index in [0.29, 0.717) is 13.2 Å². The molecular formula is C9H10O2. The highest BCUT2D eigenvalue weighted by Crippen LogP contribution is 2.28. The van der Waals surface area contributed by atoms with Gasteiger partial charge in [0.2, 0.25) is 0 Å². The number of benzene rings is 1. The first kappa shape index (κ1) is 6.83. The van der Waals surface area contributed by atoms with Crippen LogP contribution in [0.25, 0.3) is 0 Å². The topological polar surface area (TPSA) is 29.5 Å². The van der Waals surface area contributed by atoms with Crippen LogP contribution in [-0.4, -0.2) is 18.3 Å². The Balaban J connectivity index is 2.29. The molecule has 2 rings (SSSR count). The zero-order chi connectivity index (χ0) is 7.73. The van der Waals surface area contributed by atoms with Gasteiger partial charge in [-0.05, 0) is 5.56 Å². The highest BCUT2D eigenvalue weighted by Gasteiger charge is 2.37. The maximum atomic E-state index is 9.76. The lowest BCUT2D eigenvalue weighted by molar-refractivity contribution is -0.184. The van der Waals surface area contributed by atoms with Crippen molar-refractivity contribution >= 4 is 0 Å². The number of hydrogen-bond acceptors (Lipinski definition) is 2. The third kappa shape index (κ3) is 1.04. The number of hydrogen-bond donors (Lipinski definition) is 1. The smallest absolute Gasteiger partial charge is 0.136 e. The van der Waals surface area contributed by atoms with Gasteiger partial charge in [0.25, 0.3) is 0 Å². The van der Waals surface area contributed by atoms with E-state index in [2.05, 4.69) is 0 Å². The summed E-state index contributed by atoms with van der Waals surface area (Å²) in [5.41, 5.74) is 0.243. The normalized spacial score (nSPS) is 20.8. The second-order valence-electron chi connectivity index (χ2n) is 2.89. The molecule has 1 saturated heterocycles. The number of rotatable bonds is 1. The van der Waals surface area contributed by atoms with Crippen LogP contribution in [0.2, 0.25) is 0 Å². The van der Waals surface area contributed by atoms with Gasteiger partial charge in [0.05, 0.1) is 13.2 Å². The molecule has 1 N–H and O–H groups in total. The van der Waals surface area contributed by atoms with Gasteiger partial charge in [0.15, 0.2) is 0 Å². The standard InChI is InChI=1S/C9H10O2/c10-9(6-11-7-9)8-4-2-1-3-5-8/h1-5,10H,6-7H2. The van der Waals surface area contributed by atoms with Gasteiger partial charge in [-0.2, -0.15) is 0 Å². The van der Waals surface area contributed by atoms with Crippen LogP contribution in [0, 0.1) is 0 Å². The molecule has 0 spiro atoms. The fourth-order valence-electron chi connectivity index (χ4n) is 1.21. The Hall–Kier alpha value is -0.860. The first-order chi connectivity index (χ1) is 5.31. The van der Waals surface area contributed by atoms with Crippen molar-refractivity contribution in [1.29, 1.82) is 0 Å². The Bertz CT molecular complexity index is 239. The minimum absolute atomic E-state index is 0.428. The van der Waals surface area contributed by atoms with Crippen LogP contribution in [0.1, 0.15) is 5.56 Å². The highest BCUT2D eigenvalue weighted by atomic mass is 16.5. The molecule has 1 aromatic rings. The van der Waals surface area contributed by atoms with Crippen molar-refractivity contribution in [1.82, 2.24) is 0 Å². The van der Waals surface area contributed by atoms with Gasteiger partial charge in [0, 0.05) is 0 Å². The van der Waals surface area contributed by atoms with E-state index in [9.17, 15) is 5.11 Å². The molecule has 0 bridgehead atoms. The van der Waals surface area contributed by atoms with Crippen LogP contribution in [0.3, 0.4) is 0 Å². The zero-order valence-corrected chi connectivity index (χ0v) is 6.16. The fourth-order valence-corrected chi connectivity index (χ4v) is 1.21. The Labute approximate surface area is 65.4 Å². The van der Waals surface area contributed by atoms with Crippen molar-refractivity contribution in [3.8, 4) is 0 Å². The van der Waals surface area contributed by atoms with E-state index < -0.39 is 5.60 Å². The first-order valence-electron chi connectivity index (χ1n) is 3.67. The third-order valence-electron chi connectivity index (χ3n) is 1.99. The van der Waals surface area contributed by atoms with E-state index >= 15 is 0 Å². The molecule has 1 aromatic carbocycles. The average molecular weight is 150 g/mol. The SMILES string of the molecule is OC1(c2ccccc2)COC1. The van der Waals surface area contributed by atoms with E-state index in [-0.39, 0.29) is 0 Å². The molecule has 2 nitrogen and oxygen atoms in total. The summed E-state index contributed by atoms with van der Waals surface area (Å²) in [5.74, 6) is 0. The third-order valence-corrected chi connectivity index (χ3v) is 1.99. The molecule has 1 aliphatic rings. The maximum Gasteiger partial charge on any atom is 0.136 e. The zero-order valence-electron chi connectivity index (χ0n) is 6.16. The van der Waals surface area contributed by atoms with Gasteiger partial charge in [-0.25, -0.2) is 0 Å². The Morgan fingerprint density at radius 3 is 2.27 bits per heavy atom. The van der Waals surface area contributed by atoms with Crippen LogP contribution in [0.5, 0.6) is 0 Å². The van der Waals surface area contributed by atoms with Crippen molar-refractivity contribution in [2.24, 2.45) is 0 Å². The van der Waals surface area contributed by atoms with Gasteiger partial charge in [-0.15, -0.1) is 0 Å². The van der Waals surface area contributed by atoms with E-state index in [1.165, 1.54) is 0 Å². The second-order valence-corrected chi connectivity index (χ2v) is 2.89. The lowest BCUT2D eigenvalue weighted by Gasteiger charge is -2.36. The largest absolute Gasteiger partial charge is 0.380 e. The van der Waals surface area contributed by atoms with E-state index in [1.807, 2.05) is 30.3 Å². The summed E-state index contributed by atoms with van der Waals surface area (Å²) in [6.07, 6.45) is 0. The predicted molar refractivity (Wildman–Crippen MR) is 41.2 cm³/mol. The quantitative estimate of drug-likeness (QED) is 0.644. The molecular weight excluding hydrogens is 140 g/mol. The molecule has 1 heterocycles. The maximum absolute atomic E-state index is 9.76. The average Bonchev–Trinajstić information content (AvgIpc) is 2.02. The summed E-state index contributed by atoms with van der Waals surface area (Å²) >= 11 is 0. The lowest BCUT2D eigenvalue weighted by Crippen LogP contribution is -2.46. The minimum atomic E-state index is -0.707. The lowest BCUT2D eigenvalue weighted by atomic mass is 9.92. The van der Waals surface area contributed by atoms with Crippen molar-refractivity contribution in [2.75, 3.05) is 13.2 Å². The summed E-state index contributed by atoms with van der Waals surface area (Å²) in [7, 11) is 0. The Kier molecular flexibility index (Phi) is 1.44. The van der Waals surface area contributed by atoms with Crippen molar-refractivity contribution < 1.29 is 9.84 Å². The molecule has 58 valence electrons. The van der Waals surface area contributed by atoms with Crippen LogP contribution < -0.4 is 0 Å². The Morgan fingerprint density at radius 2 is 1.82 bits per heavy atom. The summed E-state index contributed by atoms with van der Waals surface area (Å²) in [5, 5.41) is 9.76. The van der Waals surface area contributed by atoms with Gasteiger partial charge in [-0.3, -0.25) is 0 Å². The summed E-state index contributed by atoms with van der Waals surface area (Å²) in [6, 6.07) is 9.62. The Morgan fingerprint density at radius 1 is 1.18 bits per heavy atom. The monoisotopic (exact) mass is 150 g/mol. The van der Waals surface area contributed by atoms with Crippen LogP contribution in [-0.2, 0) is 10.3 Å². The molecule has 0 saturated carbocycles. The van der Waals surface area contributed by atoms with Crippen molar-refractivity contribution in [3.63, 3.8) is 0 Å². The molecule has 2 heteroatoms. The molecule has 0 aromatic heterocycles. The van der Waals surface area contributed by atoms with Crippen LogP contribution in [0.4, 0.5) is 0 Å². The molecule has 0 amide bonds. The number of ether oxygens (including phenoxy) is 1. The van der Waals surface area contributed by atoms with Crippen LogP contribution >= 0.6 is 0 Å². The molecule has 0 atom stereocenters. The number of aliphatic hydroxyl groups is 1. The summed E-state index contributed by atoms with van der Waals surface area (Å²) < 4.78 is 4.94. The molecule has 0 aliphatic carbocycles. The van der Waals surface area contributed by atoms with Crippen LogP contribution in [0.15, 0.2) is 30.3 Å². The summed E-state index contributed by atoms with van der Waals surface area (Å²) in [6.45, 7) is 0.855. The second kappa shape index (κ2) is 2.32. The predicted octanol–water partition coefficient (Wildman–Crippen LogP) is 0.904. The fraction of sp³-hybridized carbons (Fsp3) is 0.333. The molecule has 1 fully saturated rings. The molecule has 1 aliphatic heterocycles. The van der Waals surface area contributed by atoms with Gasteiger partial charge in [-0.1, -0.05) is 30.3 Å². The molecule has 0 unspecified atom stereocenters. The van der Waals surface area contributed by atoms with Crippen molar-refractivity contribution in [2.45, 2.75) is 5.60 Å². The van der Waals surface area contributed by atoms with Gasteiger partial charge >= 0.3 is 0 Å². The molecule has 0 radical (unpaired) electrons. The first-order valence-corrected chi connectivity index (χ1v) is 3.67. The van der Waals surface area contributed by atoms with E-state index in [4.69, 9.17) is 4.74 Å². The van der Waals surface area contributed by atoms with Gasteiger partial charge < -0.3 is 9.84 Å². The molecule has 11 heavy (non-hydrogen) atoms. The van der Waals surface area contributed by atoms with Crippen molar-refractivity contribution in [3.05, 3.63) is 35.9 Å². The van der Waals surface area contributed by atoms with Gasteiger partial charge in [0.1, 0.15) is 5.60 Å². The van der Waals surface area contributed by atoms with E-state index in [1.54, 1.807) is 0 Å². The van der Waals surface area contributed by atoms with E-state index in [0.717, 1.165) is 5.56 Å². The minimum Gasteiger partial charge on any atom is -0.380 e. The summed E-state index contributed by atoms with van der Waals surface area (Å²) in [4.78, 5) is 0.